The summed E-state index contributed by atoms with van der Waals surface area (Å²) in [5.41, 5.74) is 0.976. The Morgan fingerprint density at radius 3 is 2.43 bits per heavy atom. The highest BCUT2D eigenvalue weighted by Gasteiger charge is 2.21. The van der Waals surface area contributed by atoms with Crippen molar-refractivity contribution in [2.45, 2.75) is 18.0 Å². The second-order valence-electron chi connectivity index (χ2n) is 2.73. The largest absolute Gasteiger partial charge is 0.410 e. The SMILES string of the molecule is Cc1ccccc1SC=CC(F)(F)F. The van der Waals surface area contributed by atoms with E-state index in [4.69, 9.17) is 0 Å². The maximum atomic E-state index is 11.8. The second kappa shape index (κ2) is 4.55. The molecule has 1 aromatic carbocycles. The normalized spacial score (nSPS) is 12.3. The lowest BCUT2D eigenvalue weighted by Crippen LogP contribution is -1.99. The Balaban J connectivity index is 2.63. The highest BCUT2D eigenvalue weighted by atomic mass is 32.2. The molecule has 0 fully saturated rings. The predicted molar refractivity (Wildman–Crippen MR) is 52.2 cm³/mol. The van der Waals surface area contributed by atoms with E-state index < -0.39 is 6.18 Å². The fourth-order valence-corrected chi connectivity index (χ4v) is 1.65. The lowest BCUT2D eigenvalue weighted by atomic mass is 10.2. The molecule has 0 aromatic heterocycles. The van der Waals surface area contributed by atoms with E-state index in [1.54, 1.807) is 12.1 Å². The molecule has 0 amide bonds. The Labute approximate surface area is 84.8 Å². The van der Waals surface area contributed by atoms with Gasteiger partial charge in [-0.1, -0.05) is 30.0 Å². The molecule has 0 bridgehead atoms. The summed E-state index contributed by atoms with van der Waals surface area (Å²) in [6, 6.07) is 7.31. The van der Waals surface area contributed by atoms with Crippen LogP contribution in [0.4, 0.5) is 13.2 Å². The second-order valence-corrected chi connectivity index (χ2v) is 3.68. The zero-order valence-electron chi connectivity index (χ0n) is 7.51. The lowest BCUT2D eigenvalue weighted by molar-refractivity contribution is -0.0796. The first-order valence-corrected chi connectivity index (χ1v) is 4.84. The molecular weight excluding hydrogens is 209 g/mol. The molecule has 0 N–H and O–H groups in total. The molecule has 0 heterocycles. The molecule has 0 aliphatic heterocycles. The fourth-order valence-electron chi connectivity index (χ4n) is 0.873. The first-order valence-electron chi connectivity index (χ1n) is 3.96. The van der Waals surface area contributed by atoms with Gasteiger partial charge in [-0.25, -0.2) is 0 Å². The maximum absolute atomic E-state index is 11.8. The van der Waals surface area contributed by atoms with E-state index in [1.165, 1.54) is 0 Å². The fraction of sp³-hybridized carbons (Fsp3) is 0.200. The number of hydrogen-bond donors (Lipinski definition) is 0. The Hall–Kier alpha value is -0.900. The lowest BCUT2D eigenvalue weighted by Gasteiger charge is -2.01. The molecule has 0 saturated heterocycles. The zero-order valence-corrected chi connectivity index (χ0v) is 8.32. The summed E-state index contributed by atoms with van der Waals surface area (Å²) in [4.78, 5) is 0.841. The standard InChI is InChI=1S/C10H9F3S/c1-8-4-2-3-5-9(8)14-7-6-10(11,12)13/h2-7H,1H3. The molecule has 76 valence electrons. The Bertz CT molecular complexity index is 328. The molecule has 1 aromatic rings. The predicted octanol–water partition coefficient (Wildman–Crippen LogP) is 4.16. The van der Waals surface area contributed by atoms with Crippen molar-refractivity contribution in [3.8, 4) is 0 Å². The van der Waals surface area contributed by atoms with E-state index in [-0.39, 0.29) is 6.08 Å². The van der Waals surface area contributed by atoms with Crippen LogP contribution < -0.4 is 0 Å². The Kier molecular flexibility index (Phi) is 3.63. The highest BCUT2D eigenvalue weighted by Crippen LogP contribution is 2.25. The molecule has 0 saturated carbocycles. The minimum atomic E-state index is -4.23. The zero-order chi connectivity index (χ0) is 10.6. The molecule has 0 unspecified atom stereocenters. The van der Waals surface area contributed by atoms with E-state index >= 15 is 0 Å². The van der Waals surface area contributed by atoms with Gasteiger partial charge in [0, 0.05) is 11.0 Å². The number of aryl methyl sites for hydroxylation is 1. The van der Waals surface area contributed by atoms with Gasteiger partial charge in [-0.15, -0.1) is 0 Å². The van der Waals surface area contributed by atoms with Crippen LogP contribution in [0.1, 0.15) is 5.56 Å². The van der Waals surface area contributed by atoms with Gasteiger partial charge in [0.1, 0.15) is 0 Å². The van der Waals surface area contributed by atoms with E-state index in [0.29, 0.717) is 0 Å². The molecule has 14 heavy (non-hydrogen) atoms. The first-order chi connectivity index (χ1) is 6.49. The molecule has 0 atom stereocenters. The van der Waals surface area contributed by atoms with Gasteiger partial charge < -0.3 is 0 Å². The van der Waals surface area contributed by atoms with Gasteiger partial charge in [-0.05, 0) is 24.0 Å². The third-order valence-electron chi connectivity index (χ3n) is 1.55. The van der Waals surface area contributed by atoms with Gasteiger partial charge in [-0.3, -0.25) is 0 Å². The molecule has 0 aliphatic carbocycles. The third kappa shape index (κ3) is 3.87. The average molecular weight is 218 g/mol. The average Bonchev–Trinajstić information content (AvgIpc) is 2.06. The smallest absolute Gasteiger partial charge is 0.167 e. The van der Waals surface area contributed by atoms with Gasteiger partial charge in [-0.2, -0.15) is 13.2 Å². The summed E-state index contributed by atoms with van der Waals surface area (Å²) in [5.74, 6) is 0. The highest BCUT2D eigenvalue weighted by molar-refractivity contribution is 8.02. The number of halogens is 3. The van der Waals surface area contributed by atoms with E-state index in [1.807, 2.05) is 19.1 Å². The van der Waals surface area contributed by atoms with Gasteiger partial charge in [0.25, 0.3) is 0 Å². The van der Waals surface area contributed by atoms with Crippen LogP contribution in [-0.4, -0.2) is 6.18 Å². The van der Waals surface area contributed by atoms with Crippen molar-refractivity contribution in [2.24, 2.45) is 0 Å². The van der Waals surface area contributed by atoms with Crippen LogP contribution in [0.15, 0.2) is 40.6 Å². The minimum absolute atomic E-state index is 0.240. The molecule has 1 rings (SSSR count). The number of rotatable bonds is 2. The van der Waals surface area contributed by atoms with Crippen molar-refractivity contribution >= 4 is 11.8 Å². The van der Waals surface area contributed by atoms with Gasteiger partial charge >= 0.3 is 6.18 Å². The van der Waals surface area contributed by atoms with Crippen molar-refractivity contribution < 1.29 is 13.2 Å². The van der Waals surface area contributed by atoms with Crippen LogP contribution in [0.25, 0.3) is 0 Å². The molecule has 0 aliphatic rings. The van der Waals surface area contributed by atoms with Crippen LogP contribution in [-0.2, 0) is 0 Å². The van der Waals surface area contributed by atoms with Crippen LogP contribution in [0.3, 0.4) is 0 Å². The van der Waals surface area contributed by atoms with Crippen molar-refractivity contribution in [3.05, 3.63) is 41.3 Å². The molecule has 4 heteroatoms. The monoisotopic (exact) mass is 218 g/mol. The third-order valence-corrected chi connectivity index (χ3v) is 2.53. The number of allylic oxidation sites excluding steroid dienone is 1. The van der Waals surface area contributed by atoms with E-state index in [9.17, 15) is 13.2 Å². The molecule has 0 nitrogen and oxygen atoms in total. The number of benzene rings is 1. The summed E-state index contributed by atoms with van der Waals surface area (Å²) >= 11 is 1.07. The van der Waals surface area contributed by atoms with Crippen LogP contribution in [0.5, 0.6) is 0 Å². The van der Waals surface area contributed by atoms with Crippen molar-refractivity contribution in [2.75, 3.05) is 0 Å². The van der Waals surface area contributed by atoms with Crippen molar-refractivity contribution in [3.63, 3.8) is 0 Å². The summed E-state index contributed by atoms with van der Waals surface area (Å²) in [6.45, 7) is 1.86. The molecule has 0 spiro atoms. The number of thioether (sulfide) groups is 1. The molecular formula is C10H9F3S. The summed E-state index contributed by atoms with van der Waals surface area (Å²) in [7, 11) is 0. The Morgan fingerprint density at radius 2 is 1.86 bits per heavy atom. The molecule has 0 radical (unpaired) electrons. The van der Waals surface area contributed by atoms with Crippen LogP contribution in [0, 0.1) is 6.92 Å². The van der Waals surface area contributed by atoms with E-state index in [2.05, 4.69) is 0 Å². The Morgan fingerprint density at radius 1 is 1.21 bits per heavy atom. The summed E-state index contributed by atoms with van der Waals surface area (Å²) in [5, 5.41) is 1.06. The van der Waals surface area contributed by atoms with Gasteiger partial charge in [0.2, 0.25) is 0 Å². The van der Waals surface area contributed by atoms with Gasteiger partial charge in [0.05, 0.1) is 0 Å². The quantitative estimate of drug-likeness (QED) is 0.671. The number of alkyl halides is 3. The van der Waals surface area contributed by atoms with Crippen molar-refractivity contribution in [1.82, 2.24) is 0 Å². The topological polar surface area (TPSA) is 0 Å². The summed E-state index contributed by atoms with van der Waals surface area (Å²) in [6.07, 6.45) is -3.99. The van der Waals surface area contributed by atoms with Crippen LogP contribution >= 0.6 is 11.8 Å². The number of hydrogen-bond acceptors (Lipinski definition) is 1. The van der Waals surface area contributed by atoms with Gasteiger partial charge in [0.15, 0.2) is 0 Å². The minimum Gasteiger partial charge on any atom is -0.167 e. The first kappa shape index (κ1) is 11.2. The van der Waals surface area contributed by atoms with E-state index in [0.717, 1.165) is 27.6 Å². The summed E-state index contributed by atoms with van der Waals surface area (Å²) < 4.78 is 35.3. The van der Waals surface area contributed by atoms with Crippen LogP contribution in [0.2, 0.25) is 0 Å². The maximum Gasteiger partial charge on any atom is 0.410 e. The van der Waals surface area contributed by atoms with Crippen molar-refractivity contribution in [1.29, 1.82) is 0 Å².